The topological polar surface area (TPSA) is 20.2 Å². The normalized spacial score (nSPS) is 16.4. The minimum atomic E-state index is -0.710. The Morgan fingerprint density at radius 2 is 1.79 bits per heavy atom. The second-order valence-electron chi connectivity index (χ2n) is 4.97. The maximum Gasteiger partial charge on any atom is 0.137 e. The molecule has 19 heavy (non-hydrogen) atoms. The van der Waals surface area contributed by atoms with Gasteiger partial charge in [0.25, 0.3) is 0 Å². The molecule has 0 aliphatic heterocycles. The van der Waals surface area contributed by atoms with E-state index in [9.17, 15) is 9.50 Å². The molecular weight excluding hydrogens is 307 g/mol. The Kier molecular flexibility index (Phi) is 3.42. The molecule has 1 atom stereocenters. The highest BCUT2D eigenvalue weighted by Gasteiger charge is 2.34. The number of aliphatic hydroxyl groups excluding tert-OH is 1. The molecule has 1 aliphatic carbocycles. The van der Waals surface area contributed by atoms with Gasteiger partial charge in [-0.1, -0.05) is 52.3 Å². The van der Waals surface area contributed by atoms with Gasteiger partial charge < -0.3 is 5.11 Å². The first-order valence-electron chi connectivity index (χ1n) is 6.40. The number of benzene rings is 2. The summed E-state index contributed by atoms with van der Waals surface area (Å²) in [5, 5.41) is 10.2. The van der Waals surface area contributed by atoms with Crippen LogP contribution in [0.25, 0.3) is 11.1 Å². The van der Waals surface area contributed by atoms with Crippen LogP contribution in [0, 0.1) is 11.7 Å². The first-order valence-corrected chi connectivity index (χ1v) is 7.19. The van der Waals surface area contributed by atoms with E-state index in [0.29, 0.717) is 15.6 Å². The molecule has 0 radical (unpaired) electrons. The molecule has 1 unspecified atom stereocenters. The zero-order valence-corrected chi connectivity index (χ0v) is 11.9. The molecule has 3 heteroatoms. The van der Waals surface area contributed by atoms with Crippen LogP contribution in [0.2, 0.25) is 0 Å². The van der Waals surface area contributed by atoms with Gasteiger partial charge >= 0.3 is 0 Å². The molecule has 0 aromatic heterocycles. The summed E-state index contributed by atoms with van der Waals surface area (Å²) in [6.45, 7) is 0. The SMILES string of the molecule is OC(c1c(Br)ccc(-c2ccccc2)c1F)C1CC1. The van der Waals surface area contributed by atoms with E-state index in [2.05, 4.69) is 15.9 Å². The van der Waals surface area contributed by atoms with E-state index in [-0.39, 0.29) is 11.7 Å². The van der Waals surface area contributed by atoms with Gasteiger partial charge in [0.1, 0.15) is 5.82 Å². The van der Waals surface area contributed by atoms with Crippen molar-refractivity contribution in [2.45, 2.75) is 18.9 Å². The Labute approximate surface area is 120 Å². The van der Waals surface area contributed by atoms with Crippen molar-refractivity contribution in [2.24, 2.45) is 5.92 Å². The third-order valence-corrected chi connectivity index (χ3v) is 4.27. The quantitative estimate of drug-likeness (QED) is 0.869. The molecule has 0 heterocycles. The molecule has 1 fully saturated rings. The van der Waals surface area contributed by atoms with Gasteiger partial charge in [-0.05, 0) is 30.4 Å². The van der Waals surface area contributed by atoms with Crippen molar-refractivity contribution >= 4 is 15.9 Å². The molecule has 1 aliphatic rings. The molecule has 1 N–H and O–H groups in total. The summed E-state index contributed by atoms with van der Waals surface area (Å²) < 4.78 is 15.3. The van der Waals surface area contributed by atoms with Crippen molar-refractivity contribution in [3.05, 3.63) is 58.3 Å². The minimum Gasteiger partial charge on any atom is -0.388 e. The fourth-order valence-corrected chi connectivity index (χ4v) is 2.87. The third-order valence-electron chi connectivity index (χ3n) is 3.58. The van der Waals surface area contributed by atoms with E-state index >= 15 is 0 Å². The van der Waals surface area contributed by atoms with Crippen molar-refractivity contribution < 1.29 is 9.50 Å². The predicted molar refractivity (Wildman–Crippen MR) is 77.2 cm³/mol. The second kappa shape index (κ2) is 5.06. The molecular formula is C16H14BrFO. The maximum atomic E-state index is 14.7. The Morgan fingerprint density at radius 3 is 2.42 bits per heavy atom. The second-order valence-corrected chi connectivity index (χ2v) is 5.83. The molecule has 2 aromatic rings. The summed E-state index contributed by atoms with van der Waals surface area (Å²) in [4.78, 5) is 0. The largest absolute Gasteiger partial charge is 0.388 e. The standard InChI is InChI=1S/C16H14BrFO/c17-13-9-8-12(10-4-2-1-3-5-10)15(18)14(13)16(19)11-6-7-11/h1-5,8-9,11,16,19H,6-7H2. The maximum absolute atomic E-state index is 14.7. The van der Waals surface area contributed by atoms with Gasteiger partial charge in [-0.15, -0.1) is 0 Å². The first-order chi connectivity index (χ1) is 9.18. The molecule has 0 spiro atoms. The van der Waals surface area contributed by atoms with E-state index in [4.69, 9.17) is 0 Å². The van der Waals surface area contributed by atoms with E-state index in [0.717, 1.165) is 18.4 Å². The lowest BCUT2D eigenvalue weighted by molar-refractivity contribution is 0.148. The smallest absolute Gasteiger partial charge is 0.137 e. The lowest BCUT2D eigenvalue weighted by Crippen LogP contribution is -2.05. The molecule has 0 bridgehead atoms. The van der Waals surface area contributed by atoms with Crippen LogP contribution in [-0.4, -0.2) is 5.11 Å². The van der Waals surface area contributed by atoms with Gasteiger partial charge in [-0.25, -0.2) is 4.39 Å². The average Bonchev–Trinajstić information content (AvgIpc) is 3.24. The first kappa shape index (κ1) is 12.8. The van der Waals surface area contributed by atoms with Crippen molar-refractivity contribution in [3.8, 4) is 11.1 Å². The van der Waals surface area contributed by atoms with Crippen LogP contribution in [0.3, 0.4) is 0 Å². The molecule has 0 amide bonds. The summed E-state index contributed by atoms with van der Waals surface area (Å²) >= 11 is 3.35. The van der Waals surface area contributed by atoms with Gasteiger partial charge in [0, 0.05) is 15.6 Å². The third kappa shape index (κ3) is 2.45. The van der Waals surface area contributed by atoms with Crippen LogP contribution in [0.15, 0.2) is 46.9 Å². The minimum absolute atomic E-state index is 0.205. The zero-order chi connectivity index (χ0) is 13.4. The van der Waals surface area contributed by atoms with Crippen LogP contribution in [-0.2, 0) is 0 Å². The molecule has 3 rings (SSSR count). The number of hydrogen-bond donors (Lipinski definition) is 1. The summed E-state index contributed by atoms with van der Waals surface area (Å²) in [6.07, 6.45) is 1.24. The highest BCUT2D eigenvalue weighted by Crippen LogP contribution is 2.45. The van der Waals surface area contributed by atoms with Crippen LogP contribution in [0.1, 0.15) is 24.5 Å². The van der Waals surface area contributed by atoms with Crippen LogP contribution >= 0.6 is 15.9 Å². The average molecular weight is 321 g/mol. The summed E-state index contributed by atoms with van der Waals surface area (Å²) in [5.41, 5.74) is 1.76. The highest BCUT2D eigenvalue weighted by molar-refractivity contribution is 9.10. The van der Waals surface area contributed by atoms with Crippen molar-refractivity contribution in [1.82, 2.24) is 0 Å². The number of aliphatic hydroxyl groups is 1. The monoisotopic (exact) mass is 320 g/mol. The Balaban J connectivity index is 2.10. The number of halogens is 2. The summed E-state index contributed by atoms with van der Waals surface area (Å²) in [7, 11) is 0. The number of rotatable bonds is 3. The predicted octanol–water partition coefficient (Wildman–Crippen LogP) is 4.70. The van der Waals surface area contributed by atoms with Crippen molar-refractivity contribution in [2.75, 3.05) is 0 Å². The van der Waals surface area contributed by atoms with Crippen molar-refractivity contribution in [3.63, 3.8) is 0 Å². The van der Waals surface area contributed by atoms with Gasteiger partial charge in [-0.3, -0.25) is 0 Å². The molecule has 2 aromatic carbocycles. The molecule has 98 valence electrons. The Morgan fingerprint density at radius 1 is 1.11 bits per heavy atom. The zero-order valence-electron chi connectivity index (χ0n) is 10.3. The van der Waals surface area contributed by atoms with E-state index in [1.165, 1.54) is 0 Å². The Bertz CT molecular complexity index is 593. The fourth-order valence-electron chi connectivity index (χ4n) is 2.33. The molecule has 1 nitrogen and oxygen atoms in total. The van der Waals surface area contributed by atoms with E-state index < -0.39 is 6.10 Å². The van der Waals surface area contributed by atoms with Crippen LogP contribution in [0.5, 0.6) is 0 Å². The van der Waals surface area contributed by atoms with E-state index in [1.807, 2.05) is 36.4 Å². The molecule has 1 saturated carbocycles. The lowest BCUT2D eigenvalue weighted by atomic mass is 9.98. The van der Waals surface area contributed by atoms with Crippen molar-refractivity contribution in [1.29, 1.82) is 0 Å². The summed E-state index contributed by atoms with van der Waals surface area (Å²) in [5.74, 6) is -0.114. The van der Waals surface area contributed by atoms with E-state index in [1.54, 1.807) is 6.07 Å². The lowest BCUT2D eigenvalue weighted by Gasteiger charge is -2.15. The summed E-state index contributed by atoms with van der Waals surface area (Å²) in [6, 6.07) is 13.0. The van der Waals surface area contributed by atoms with Crippen LogP contribution < -0.4 is 0 Å². The fraction of sp³-hybridized carbons (Fsp3) is 0.250. The van der Waals surface area contributed by atoms with Crippen LogP contribution in [0.4, 0.5) is 4.39 Å². The Hall–Kier alpha value is -1.19. The van der Waals surface area contributed by atoms with Gasteiger partial charge in [-0.2, -0.15) is 0 Å². The van der Waals surface area contributed by atoms with Gasteiger partial charge in [0.2, 0.25) is 0 Å². The highest BCUT2D eigenvalue weighted by atomic mass is 79.9. The molecule has 0 saturated heterocycles. The van der Waals surface area contributed by atoms with Gasteiger partial charge in [0.15, 0.2) is 0 Å². The van der Waals surface area contributed by atoms with Gasteiger partial charge in [0.05, 0.1) is 6.10 Å². The number of hydrogen-bond acceptors (Lipinski definition) is 1.